The van der Waals surface area contributed by atoms with E-state index in [1.54, 1.807) is 13.3 Å². The maximum Gasteiger partial charge on any atom is 0.309 e. The molecule has 1 unspecified atom stereocenters. The van der Waals surface area contributed by atoms with E-state index in [0.717, 1.165) is 79.8 Å². The number of hydrogen-bond acceptors (Lipinski definition) is 6. The number of benzene rings is 1. The van der Waals surface area contributed by atoms with Crippen LogP contribution < -0.4 is 5.56 Å². The van der Waals surface area contributed by atoms with Crippen LogP contribution in [-0.2, 0) is 32.0 Å². The van der Waals surface area contributed by atoms with Gasteiger partial charge in [0.25, 0.3) is 5.56 Å². The number of aromatic amines is 1. The van der Waals surface area contributed by atoms with Crippen LogP contribution in [0.25, 0.3) is 22.4 Å². The lowest BCUT2D eigenvalue weighted by atomic mass is 9.91. The largest absolute Gasteiger partial charge is 0.460 e. The summed E-state index contributed by atoms with van der Waals surface area (Å²) in [6.45, 7) is 10.8. The van der Waals surface area contributed by atoms with Gasteiger partial charge in [0.05, 0.1) is 23.6 Å². The Bertz CT molecular complexity index is 1310. The zero-order valence-corrected chi connectivity index (χ0v) is 24.0. The fraction of sp³-hybridized carbons (Fsp3) is 0.581. The number of nitrogens with zero attached hydrogens (tertiary/aromatic N) is 2. The molecule has 1 N–H and O–H groups in total. The van der Waals surface area contributed by atoms with E-state index in [-0.39, 0.29) is 23.6 Å². The molecule has 2 aromatic heterocycles. The molecule has 1 aliphatic heterocycles. The second-order valence-corrected chi connectivity index (χ2v) is 11.4. The molecule has 39 heavy (non-hydrogen) atoms. The Morgan fingerprint density at radius 1 is 1.21 bits per heavy atom. The Balaban J connectivity index is 1.59. The van der Waals surface area contributed by atoms with E-state index in [2.05, 4.69) is 41.6 Å². The van der Waals surface area contributed by atoms with E-state index in [1.165, 1.54) is 0 Å². The van der Waals surface area contributed by atoms with Gasteiger partial charge in [0.2, 0.25) is 0 Å². The molecule has 1 saturated heterocycles. The smallest absolute Gasteiger partial charge is 0.309 e. The number of nitrogens with one attached hydrogen (secondary N) is 1. The lowest BCUT2D eigenvalue weighted by Crippen LogP contribution is -2.26. The highest BCUT2D eigenvalue weighted by atomic mass is 16.6. The molecule has 1 aliphatic rings. The monoisotopic (exact) mass is 537 g/mol. The number of hydrogen-bond donors (Lipinski definition) is 1. The summed E-state index contributed by atoms with van der Waals surface area (Å²) >= 11 is 0. The number of H-pyrrole nitrogens is 1. The summed E-state index contributed by atoms with van der Waals surface area (Å²) in [6.07, 6.45) is 5.82. The average molecular weight is 538 g/mol. The third-order valence-electron chi connectivity index (χ3n) is 7.53. The predicted molar refractivity (Wildman–Crippen MR) is 153 cm³/mol. The highest BCUT2D eigenvalue weighted by Crippen LogP contribution is 2.29. The van der Waals surface area contributed by atoms with Gasteiger partial charge in [0.1, 0.15) is 11.9 Å². The first-order chi connectivity index (χ1) is 18.7. The van der Waals surface area contributed by atoms with Gasteiger partial charge in [-0.05, 0) is 81.5 Å². The third-order valence-corrected chi connectivity index (χ3v) is 7.53. The number of aromatic nitrogens is 3. The number of carbonyl (C=O) groups excluding carboxylic acids is 1. The van der Waals surface area contributed by atoms with Gasteiger partial charge < -0.3 is 23.8 Å². The van der Waals surface area contributed by atoms with Crippen LogP contribution in [0.15, 0.2) is 35.3 Å². The number of rotatable bonds is 12. The highest BCUT2D eigenvalue weighted by Gasteiger charge is 2.24. The molecule has 1 aromatic carbocycles. The average Bonchev–Trinajstić information content (AvgIpc) is 3.26. The molecule has 0 aliphatic carbocycles. The van der Waals surface area contributed by atoms with Crippen molar-refractivity contribution >= 4 is 17.0 Å². The maximum absolute atomic E-state index is 12.9. The third kappa shape index (κ3) is 7.57. The van der Waals surface area contributed by atoms with Crippen LogP contribution in [0.4, 0.5) is 0 Å². The Morgan fingerprint density at radius 2 is 1.97 bits per heavy atom. The van der Waals surface area contributed by atoms with Crippen molar-refractivity contribution in [3.05, 3.63) is 51.9 Å². The van der Waals surface area contributed by atoms with Crippen molar-refractivity contribution in [3.8, 4) is 11.4 Å². The molecule has 3 aromatic rings. The van der Waals surface area contributed by atoms with Crippen LogP contribution in [0.5, 0.6) is 0 Å². The van der Waals surface area contributed by atoms with Gasteiger partial charge in [-0.1, -0.05) is 19.9 Å². The second-order valence-electron chi connectivity index (χ2n) is 11.4. The summed E-state index contributed by atoms with van der Waals surface area (Å²) in [5, 5.41) is 0. The summed E-state index contributed by atoms with van der Waals surface area (Å²) < 4.78 is 18.7. The fourth-order valence-electron chi connectivity index (χ4n) is 5.46. The summed E-state index contributed by atoms with van der Waals surface area (Å²) in [5.41, 5.74) is 4.64. The molecule has 212 valence electrons. The molecule has 0 amide bonds. The Hall–Kier alpha value is -2.97. The highest BCUT2D eigenvalue weighted by molar-refractivity contribution is 5.81. The molecule has 4 rings (SSSR count). The lowest BCUT2D eigenvalue weighted by molar-refractivity contribution is -0.156. The van der Waals surface area contributed by atoms with E-state index in [1.807, 2.05) is 19.9 Å². The van der Waals surface area contributed by atoms with Crippen LogP contribution in [-0.4, -0.2) is 53.5 Å². The van der Waals surface area contributed by atoms with Gasteiger partial charge in [-0.3, -0.25) is 9.59 Å². The van der Waals surface area contributed by atoms with E-state index >= 15 is 0 Å². The van der Waals surface area contributed by atoms with Crippen molar-refractivity contribution < 1.29 is 19.0 Å². The molecule has 0 saturated carbocycles. The van der Waals surface area contributed by atoms with Gasteiger partial charge in [-0.2, -0.15) is 0 Å². The molecule has 2 atom stereocenters. The van der Waals surface area contributed by atoms with Gasteiger partial charge in [-0.15, -0.1) is 0 Å². The predicted octanol–water partition coefficient (Wildman–Crippen LogP) is 5.30. The SMILES string of the molecule is COCC(C)OC(=O)[C@@H](CCc1ccc2c(c1)nc(-c1c[nH]c(=O)c(C)c1)n2CC1CCOCC1)CC(C)C. The van der Waals surface area contributed by atoms with Gasteiger partial charge in [0, 0.05) is 44.2 Å². The zero-order valence-electron chi connectivity index (χ0n) is 24.0. The molecular formula is C31H43N3O5. The second kappa shape index (κ2) is 13.4. The van der Waals surface area contributed by atoms with Crippen LogP contribution in [0.3, 0.4) is 0 Å². The molecular weight excluding hydrogens is 494 g/mol. The Kier molecular flexibility index (Phi) is 9.97. The number of fused-ring (bicyclic) bond motifs is 1. The van der Waals surface area contributed by atoms with Crippen LogP contribution in [0.2, 0.25) is 0 Å². The number of aryl methyl sites for hydroxylation is 2. The summed E-state index contributed by atoms with van der Waals surface area (Å²) in [4.78, 5) is 32.8. The topological polar surface area (TPSA) is 95.4 Å². The fourth-order valence-corrected chi connectivity index (χ4v) is 5.46. The summed E-state index contributed by atoms with van der Waals surface area (Å²) in [7, 11) is 1.61. The lowest BCUT2D eigenvalue weighted by Gasteiger charge is -2.23. The van der Waals surface area contributed by atoms with Crippen LogP contribution in [0, 0.1) is 24.7 Å². The van der Waals surface area contributed by atoms with Crippen molar-refractivity contribution in [1.82, 2.24) is 14.5 Å². The van der Waals surface area contributed by atoms with Crippen molar-refractivity contribution in [1.29, 1.82) is 0 Å². The number of pyridine rings is 1. The van der Waals surface area contributed by atoms with Crippen molar-refractivity contribution in [2.45, 2.75) is 72.4 Å². The van der Waals surface area contributed by atoms with Crippen LogP contribution in [0.1, 0.15) is 57.6 Å². The van der Waals surface area contributed by atoms with Gasteiger partial charge in [-0.25, -0.2) is 4.98 Å². The molecule has 0 spiro atoms. The quantitative estimate of drug-likeness (QED) is 0.315. The number of ether oxygens (including phenoxy) is 3. The minimum atomic E-state index is -0.261. The van der Waals surface area contributed by atoms with Gasteiger partial charge >= 0.3 is 5.97 Å². The van der Waals surface area contributed by atoms with Crippen LogP contribution >= 0.6 is 0 Å². The van der Waals surface area contributed by atoms with E-state index in [4.69, 9.17) is 19.2 Å². The molecule has 1 fully saturated rings. The van der Waals surface area contributed by atoms with E-state index in [0.29, 0.717) is 24.0 Å². The minimum Gasteiger partial charge on any atom is -0.460 e. The maximum atomic E-state index is 12.9. The molecule has 8 nitrogen and oxygen atoms in total. The van der Waals surface area contributed by atoms with Gasteiger partial charge in [0.15, 0.2) is 0 Å². The first kappa shape index (κ1) is 29.0. The first-order valence-electron chi connectivity index (χ1n) is 14.2. The Labute approximate surface area is 231 Å². The summed E-state index contributed by atoms with van der Waals surface area (Å²) in [6, 6.07) is 8.35. The molecule has 0 radical (unpaired) electrons. The normalized spacial score (nSPS) is 16.1. The standard InChI is InChI=1S/C31H43N3O5/c1-20(2)14-25(31(36)39-22(4)19-37-5)8-6-23-7-9-28-27(16-23)33-29(26-15-21(3)30(35)32-17-26)34(28)18-24-10-12-38-13-11-24/h7,9,15-17,20,22,24-25H,6,8,10-14,18-19H2,1-5H3,(H,32,35)/t22?,25-/m0/s1. The number of methoxy groups -OCH3 is 1. The zero-order chi connectivity index (χ0) is 27.9. The number of carbonyl (C=O) groups is 1. The molecule has 3 heterocycles. The van der Waals surface area contributed by atoms with Crippen molar-refractivity contribution in [3.63, 3.8) is 0 Å². The minimum absolute atomic E-state index is 0.0841. The van der Waals surface area contributed by atoms with Crippen molar-refractivity contribution in [2.24, 2.45) is 17.8 Å². The summed E-state index contributed by atoms with van der Waals surface area (Å²) in [5.74, 6) is 1.46. The Morgan fingerprint density at radius 3 is 2.67 bits per heavy atom. The number of imidazole rings is 1. The first-order valence-corrected chi connectivity index (χ1v) is 14.2. The number of esters is 1. The molecule has 8 heteroatoms. The van der Waals surface area contributed by atoms with E-state index in [9.17, 15) is 9.59 Å². The van der Waals surface area contributed by atoms with E-state index < -0.39 is 0 Å². The molecule has 0 bridgehead atoms. The van der Waals surface area contributed by atoms with Crippen molar-refractivity contribution in [2.75, 3.05) is 26.9 Å².